The number of methoxy groups -OCH3 is 1. The zero-order chi connectivity index (χ0) is 23.1. The van der Waals surface area contributed by atoms with E-state index < -0.39 is 10.0 Å². The van der Waals surface area contributed by atoms with Gasteiger partial charge in [-0.1, -0.05) is 24.3 Å². The molecule has 0 saturated heterocycles. The normalized spacial score (nSPS) is 11.7. The molecule has 3 rings (SSSR count). The van der Waals surface area contributed by atoms with Crippen LogP contribution in [0.2, 0.25) is 0 Å². The Morgan fingerprint density at radius 3 is 2.69 bits per heavy atom. The van der Waals surface area contributed by atoms with Gasteiger partial charge in [-0.25, -0.2) is 8.42 Å². The molecule has 0 atom stereocenters. The lowest BCUT2D eigenvalue weighted by molar-refractivity contribution is -0.132. The van der Waals surface area contributed by atoms with Crippen LogP contribution in [-0.4, -0.2) is 66.4 Å². The molecule has 0 saturated carbocycles. The predicted molar refractivity (Wildman–Crippen MR) is 123 cm³/mol. The lowest BCUT2D eigenvalue weighted by atomic mass is 10.2. The molecule has 1 aromatic carbocycles. The van der Waals surface area contributed by atoms with E-state index in [0.717, 1.165) is 10.00 Å². The number of pyridine rings is 1. The van der Waals surface area contributed by atoms with Crippen LogP contribution < -0.4 is 0 Å². The molecule has 0 aliphatic carbocycles. The highest BCUT2D eigenvalue weighted by molar-refractivity contribution is 7.89. The van der Waals surface area contributed by atoms with Gasteiger partial charge in [-0.15, -0.1) is 6.58 Å². The van der Waals surface area contributed by atoms with E-state index in [0.29, 0.717) is 30.6 Å². The second kappa shape index (κ2) is 10.5. The summed E-state index contributed by atoms with van der Waals surface area (Å²) >= 11 is 0. The van der Waals surface area contributed by atoms with Crippen molar-refractivity contribution >= 4 is 26.8 Å². The first-order chi connectivity index (χ1) is 15.4. The fourth-order valence-electron chi connectivity index (χ4n) is 3.42. The fraction of sp³-hybridized carbons (Fsp3) is 0.304. The number of carbonyl (C=O) groups is 1. The Balaban J connectivity index is 1.90. The lowest BCUT2D eigenvalue weighted by Crippen LogP contribution is -2.44. The van der Waals surface area contributed by atoms with Gasteiger partial charge in [0.1, 0.15) is 4.90 Å². The van der Waals surface area contributed by atoms with Gasteiger partial charge in [0.15, 0.2) is 0 Å². The summed E-state index contributed by atoms with van der Waals surface area (Å²) in [5, 5.41) is 0.712. The van der Waals surface area contributed by atoms with Gasteiger partial charge in [0.2, 0.25) is 15.9 Å². The molecule has 3 aromatic rings. The first-order valence-electron chi connectivity index (χ1n) is 10.2. The van der Waals surface area contributed by atoms with Crippen LogP contribution in [0.25, 0.3) is 10.9 Å². The summed E-state index contributed by atoms with van der Waals surface area (Å²) in [5.41, 5.74) is 1.31. The summed E-state index contributed by atoms with van der Waals surface area (Å²) in [6.45, 7) is 4.40. The number of aromatic nitrogens is 2. The third kappa shape index (κ3) is 5.24. The minimum Gasteiger partial charge on any atom is -0.383 e. The number of ether oxygens (including phenoxy) is 1. The highest BCUT2D eigenvalue weighted by Crippen LogP contribution is 2.24. The molecule has 0 radical (unpaired) electrons. The van der Waals surface area contributed by atoms with Crippen LogP contribution in [0.1, 0.15) is 5.69 Å². The zero-order valence-corrected chi connectivity index (χ0v) is 19.2. The summed E-state index contributed by atoms with van der Waals surface area (Å²) in [5.74, 6) is -0.318. The Kier molecular flexibility index (Phi) is 7.79. The Morgan fingerprint density at radius 2 is 2.00 bits per heavy atom. The number of sulfonamides is 1. The molecular formula is C23H28N4O4S. The van der Waals surface area contributed by atoms with Crippen molar-refractivity contribution in [2.45, 2.75) is 11.4 Å². The number of para-hydroxylation sites is 1. The van der Waals surface area contributed by atoms with Gasteiger partial charge in [0.05, 0.1) is 25.2 Å². The van der Waals surface area contributed by atoms with E-state index in [1.165, 1.54) is 12.1 Å². The van der Waals surface area contributed by atoms with Crippen LogP contribution in [0.3, 0.4) is 0 Å². The first-order valence-corrected chi connectivity index (χ1v) is 11.6. The highest BCUT2D eigenvalue weighted by atomic mass is 32.2. The monoisotopic (exact) mass is 456 g/mol. The molecule has 0 fully saturated rings. The van der Waals surface area contributed by atoms with E-state index in [-0.39, 0.29) is 23.9 Å². The second-order valence-electron chi connectivity index (χ2n) is 7.34. The molecular weight excluding hydrogens is 428 g/mol. The lowest BCUT2D eigenvalue weighted by Gasteiger charge is -2.27. The van der Waals surface area contributed by atoms with Crippen molar-refractivity contribution in [1.29, 1.82) is 0 Å². The largest absolute Gasteiger partial charge is 0.383 e. The number of amides is 1. The third-order valence-electron chi connectivity index (χ3n) is 5.18. The molecule has 2 heterocycles. The summed E-state index contributed by atoms with van der Waals surface area (Å²) in [6, 6.07) is 12.4. The molecule has 0 spiro atoms. The minimum atomic E-state index is -3.99. The summed E-state index contributed by atoms with van der Waals surface area (Å²) < 4.78 is 35.2. The van der Waals surface area contributed by atoms with E-state index >= 15 is 0 Å². The highest BCUT2D eigenvalue weighted by Gasteiger charge is 2.29. The van der Waals surface area contributed by atoms with Crippen molar-refractivity contribution in [1.82, 2.24) is 18.8 Å². The van der Waals surface area contributed by atoms with Gasteiger partial charge in [-0.3, -0.25) is 9.78 Å². The van der Waals surface area contributed by atoms with Crippen molar-refractivity contribution < 1.29 is 17.9 Å². The van der Waals surface area contributed by atoms with Gasteiger partial charge in [0, 0.05) is 50.7 Å². The average Bonchev–Trinajstić information content (AvgIpc) is 3.20. The number of rotatable bonds is 11. The van der Waals surface area contributed by atoms with Crippen molar-refractivity contribution in [2.24, 2.45) is 7.05 Å². The van der Waals surface area contributed by atoms with Crippen molar-refractivity contribution in [2.75, 3.05) is 33.4 Å². The van der Waals surface area contributed by atoms with Crippen LogP contribution in [0.5, 0.6) is 0 Å². The smallest absolute Gasteiger partial charge is 0.246 e. The number of carbonyl (C=O) groups excluding carboxylic acids is 1. The topological polar surface area (TPSA) is 84.7 Å². The number of aryl methyl sites for hydroxylation is 1. The minimum absolute atomic E-state index is 0.000430. The fourth-order valence-corrected chi connectivity index (χ4v) is 4.94. The number of nitrogens with zero attached hydrogens (tertiary/aromatic N) is 4. The number of fused-ring (bicyclic) bond motifs is 1. The van der Waals surface area contributed by atoms with Crippen molar-refractivity contribution in [3.63, 3.8) is 0 Å². The third-order valence-corrected chi connectivity index (χ3v) is 7.02. The molecule has 2 aromatic heterocycles. The molecule has 0 aliphatic rings. The summed E-state index contributed by atoms with van der Waals surface area (Å²) in [6.07, 6.45) is 4.92. The Morgan fingerprint density at radius 1 is 1.22 bits per heavy atom. The zero-order valence-electron chi connectivity index (χ0n) is 18.3. The van der Waals surface area contributed by atoms with Gasteiger partial charge in [0.25, 0.3) is 0 Å². The number of hydrogen-bond acceptors (Lipinski definition) is 5. The van der Waals surface area contributed by atoms with Crippen LogP contribution in [0.4, 0.5) is 0 Å². The second-order valence-corrected chi connectivity index (χ2v) is 9.24. The maximum Gasteiger partial charge on any atom is 0.246 e. The van der Waals surface area contributed by atoms with Crippen LogP contribution in [-0.2, 0) is 33.1 Å². The van der Waals surface area contributed by atoms with Gasteiger partial charge < -0.3 is 14.2 Å². The van der Waals surface area contributed by atoms with E-state index in [4.69, 9.17) is 4.74 Å². The molecule has 9 heteroatoms. The Bertz CT molecular complexity index is 1180. The average molecular weight is 457 g/mol. The molecule has 170 valence electrons. The van der Waals surface area contributed by atoms with Crippen LogP contribution in [0, 0.1) is 0 Å². The maximum atomic E-state index is 13.5. The Labute approximate surface area is 188 Å². The SMILES string of the molecule is C=CCN(CC(=O)N(CCOC)Cc1cccn1C)S(=O)(=O)c1cccc2cccnc12. The molecule has 8 nitrogen and oxygen atoms in total. The van der Waals surface area contributed by atoms with E-state index in [9.17, 15) is 13.2 Å². The summed E-state index contributed by atoms with van der Waals surface area (Å²) in [7, 11) is -0.532. The van der Waals surface area contributed by atoms with Crippen molar-refractivity contribution in [3.05, 3.63) is 73.2 Å². The molecule has 0 N–H and O–H groups in total. The molecule has 32 heavy (non-hydrogen) atoms. The maximum absolute atomic E-state index is 13.5. The van der Waals surface area contributed by atoms with Crippen LogP contribution in [0.15, 0.2) is 72.4 Å². The van der Waals surface area contributed by atoms with E-state index in [1.807, 2.05) is 29.9 Å². The Hall–Kier alpha value is -3.01. The van der Waals surface area contributed by atoms with Gasteiger partial charge in [-0.05, 0) is 24.3 Å². The van der Waals surface area contributed by atoms with Crippen molar-refractivity contribution in [3.8, 4) is 0 Å². The van der Waals surface area contributed by atoms with E-state index in [2.05, 4.69) is 11.6 Å². The molecule has 0 unspecified atom stereocenters. The molecule has 1 amide bonds. The van der Waals surface area contributed by atoms with Gasteiger partial charge in [-0.2, -0.15) is 4.31 Å². The number of benzene rings is 1. The summed E-state index contributed by atoms with van der Waals surface area (Å²) in [4.78, 5) is 19.1. The standard InChI is InChI=1S/C23H28N4O4S/c1-4-13-27(32(29,30)21-11-5-8-19-9-6-12-24-23(19)21)18-22(28)26(15-16-31-3)17-20-10-7-14-25(20)2/h4-12,14H,1,13,15-18H2,2-3H3. The quantitative estimate of drug-likeness (QED) is 0.414. The number of hydrogen-bond donors (Lipinski definition) is 0. The van der Waals surface area contributed by atoms with Gasteiger partial charge >= 0.3 is 0 Å². The first kappa shape index (κ1) is 23.6. The molecule has 0 aliphatic heterocycles. The predicted octanol–water partition coefficient (Wildman–Crippen LogP) is 2.43. The molecule has 0 bridgehead atoms. The van der Waals surface area contributed by atoms with E-state index in [1.54, 1.807) is 42.5 Å². The van der Waals surface area contributed by atoms with Crippen LogP contribution >= 0.6 is 0 Å².